The van der Waals surface area contributed by atoms with E-state index in [1.54, 1.807) is 13.3 Å². The van der Waals surface area contributed by atoms with Crippen LogP contribution in [0.3, 0.4) is 0 Å². The molecule has 0 aliphatic rings. The number of aromatic hydroxyl groups is 1. The third kappa shape index (κ3) is 2.92. The van der Waals surface area contributed by atoms with Crippen molar-refractivity contribution in [3.8, 4) is 5.75 Å². The summed E-state index contributed by atoms with van der Waals surface area (Å²) in [5.41, 5.74) is 2.85. The Balaban J connectivity index is 3.58. The number of hydrogen-bond donors (Lipinski definition) is 1. The van der Waals surface area contributed by atoms with Crippen molar-refractivity contribution < 1.29 is 5.11 Å². The highest BCUT2D eigenvalue weighted by atomic mass is 16.3. The molecule has 0 saturated carbocycles. The minimum absolute atomic E-state index is 0.00951. The van der Waals surface area contributed by atoms with Crippen molar-refractivity contribution in [2.24, 2.45) is 4.99 Å². The topological polar surface area (TPSA) is 32.6 Å². The minimum atomic E-state index is -0.0726. The molecule has 0 aliphatic heterocycles. The third-order valence-corrected chi connectivity index (χ3v) is 3.09. The van der Waals surface area contributed by atoms with Crippen LogP contribution in [-0.2, 0) is 10.8 Å². The second-order valence-corrected chi connectivity index (χ2v) is 6.81. The summed E-state index contributed by atoms with van der Waals surface area (Å²) in [6.45, 7) is 12.7. The summed E-state index contributed by atoms with van der Waals surface area (Å²) in [5, 5.41) is 10.5. The maximum absolute atomic E-state index is 10.5. The molecule has 0 atom stereocenters. The van der Waals surface area contributed by atoms with Crippen molar-refractivity contribution in [2.75, 3.05) is 7.05 Å². The normalized spacial score (nSPS) is 13.3. The average Bonchev–Trinajstić information content (AvgIpc) is 2.17. The number of phenolic OH excluding ortho intramolecular Hbond substituents is 1. The number of aliphatic imine (C=N–C) groups is 1. The summed E-state index contributed by atoms with van der Waals surface area (Å²) in [6, 6.07) is 4.14. The van der Waals surface area contributed by atoms with Gasteiger partial charge in [0.2, 0.25) is 0 Å². The van der Waals surface area contributed by atoms with E-state index in [1.807, 2.05) is 6.07 Å². The molecule has 0 aliphatic carbocycles. The van der Waals surface area contributed by atoms with Gasteiger partial charge in [0.05, 0.1) is 0 Å². The van der Waals surface area contributed by atoms with Gasteiger partial charge in [0.25, 0.3) is 0 Å². The van der Waals surface area contributed by atoms with Crippen LogP contribution in [0.1, 0.15) is 58.2 Å². The van der Waals surface area contributed by atoms with E-state index < -0.39 is 0 Å². The van der Waals surface area contributed by atoms with Crippen LogP contribution >= 0.6 is 0 Å². The second kappa shape index (κ2) is 4.75. The third-order valence-electron chi connectivity index (χ3n) is 3.09. The van der Waals surface area contributed by atoms with Crippen LogP contribution in [0.15, 0.2) is 17.1 Å². The molecule has 0 saturated heterocycles. The Morgan fingerprint density at radius 3 is 1.78 bits per heavy atom. The molecule has 0 amide bonds. The molecule has 0 spiro atoms. The van der Waals surface area contributed by atoms with Crippen molar-refractivity contribution in [1.29, 1.82) is 0 Å². The Labute approximate surface area is 111 Å². The number of hydrogen-bond acceptors (Lipinski definition) is 2. The van der Waals surface area contributed by atoms with Crippen LogP contribution in [-0.4, -0.2) is 18.4 Å². The Kier molecular flexibility index (Phi) is 3.89. The quantitative estimate of drug-likeness (QED) is 0.746. The lowest BCUT2D eigenvalue weighted by Crippen LogP contribution is -2.18. The number of nitrogens with zero attached hydrogens (tertiary/aromatic N) is 1. The first-order valence-electron chi connectivity index (χ1n) is 6.38. The van der Waals surface area contributed by atoms with E-state index in [0.29, 0.717) is 5.75 Å². The van der Waals surface area contributed by atoms with E-state index in [2.05, 4.69) is 52.6 Å². The lowest BCUT2D eigenvalue weighted by molar-refractivity contribution is 0.442. The fourth-order valence-corrected chi connectivity index (χ4v) is 2.13. The maximum atomic E-state index is 10.5. The van der Waals surface area contributed by atoms with Gasteiger partial charge in [-0.2, -0.15) is 0 Å². The van der Waals surface area contributed by atoms with Crippen LogP contribution in [0, 0.1) is 0 Å². The summed E-state index contributed by atoms with van der Waals surface area (Å²) in [7, 11) is 1.73. The molecule has 2 nitrogen and oxygen atoms in total. The summed E-state index contributed by atoms with van der Waals surface area (Å²) < 4.78 is 0. The van der Waals surface area contributed by atoms with Gasteiger partial charge in [-0.15, -0.1) is 0 Å². The van der Waals surface area contributed by atoms with Gasteiger partial charge in [-0.3, -0.25) is 4.99 Å². The number of rotatable bonds is 1. The Bertz CT molecular complexity index is 459. The van der Waals surface area contributed by atoms with Crippen molar-refractivity contribution in [2.45, 2.75) is 52.4 Å². The first kappa shape index (κ1) is 14.7. The standard InChI is InChI=1S/C16H25NO/c1-15(2,3)12-8-9-13(16(4,5)6)14(18)11(12)10-17-7/h8-10,18H,1-7H3. The zero-order valence-corrected chi connectivity index (χ0v) is 12.6. The van der Waals surface area contributed by atoms with Crippen LogP contribution in [0.4, 0.5) is 0 Å². The monoisotopic (exact) mass is 247 g/mol. The molecule has 0 heterocycles. The van der Waals surface area contributed by atoms with Gasteiger partial charge in [0.1, 0.15) is 5.75 Å². The maximum Gasteiger partial charge on any atom is 0.128 e. The summed E-state index contributed by atoms with van der Waals surface area (Å²) in [5.74, 6) is 0.362. The molecule has 0 aromatic heterocycles. The molecule has 1 aromatic carbocycles. The van der Waals surface area contributed by atoms with E-state index in [0.717, 1.165) is 16.7 Å². The van der Waals surface area contributed by atoms with E-state index in [1.165, 1.54) is 0 Å². The highest BCUT2D eigenvalue weighted by molar-refractivity contribution is 5.87. The van der Waals surface area contributed by atoms with E-state index in [-0.39, 0.29) is 10.8 Å². The number of benzene rings is 1. The van der Waals surface area contributed by atoms with Crippen molar-refractivity contribution in [3.05, 3.63) is 28.8 Å². The van der Waals surface area contributed by atoms with Gasteiger partial charge in [-0.25, -0.2) is 0 Å². The molecular formula is C16H25NO. The predicted molar refractivity (Wildman–Crippen MR) is 79.0 cm³/mol. The Morgan fingerprint density at radius 2 is 1.39 bits per heavy atom. The molecule has 0 radical (unpaired) electrons. The van der Waals surface area contributed by atoms with Gasteiger partial charge < -0.3 is 5.11 Å². The zero-order chi connectivity index (χ0) is 14.1. The first-order chi connectivity index (χ1) is 8.09. The summed E-state index contributed by atoms with van der Waals surface area (Å²) in [4.78, 5) is 4.08. The first-order valence-corrected chi connectivity index (χ1v) is 6.38. The second-order valence-electron chi connectivity index (χ2n) is 6.81. The highest BCUT2D eigenvalue weighted by Crippen LogP contribution is 2.37. The zero-order valence-electron chi connectivity index (χ0n) is 12.6. The van der Waals surface area contributed by atoms with Crippen molar-refractivity contribution in [1.82, 2.24) is 0 Å². The molecule has 0 fully saturated rings. The smallest absolute Gasteiger partial charge is 0.128 e. The fourth-order valence-electron chi connectivity index (χ4n) is 2.13. The Morgan fingerprint density at radius 1 is 0.944 bits per heavy atom. The molecular weight excluding hydrogens is 222 g/mol. The highest BCUT2D eigenvalue weighted by Gasteiger charge is 2.25. The van der Waals surface area contributed by atoms with E-state index >= 15 is 0 Å². The lowest BCUT2D eigenvalue weighted by Gasteiger charge is -2.27. The average molecular weight is 247 g/mol. The predicted octanol–water partition coefficient (Wildman–Crippen LogP) is 4.04. The van der Waals surface area contributed by atoms with Gasteiger partial charge in [-0.05, 0) is 22.0 Å². The van der Waals surface area contributed by atoms with Gasteiger partial charge in [0.15, 0.2) is 0 Å². The molecule has 100 valence electrons. The van der Waals surface area contributed by atoms with Gasteiger partial charge in [0, 0.05) is 18.8 Å². The van der Waals surface area contributed by atoms with Crippen molar-refractivity contribution >= 4 is 6.21 Å². The summed E-state index contributed by atoms with van der Waals surface area (Å²) in [6.07, 6.45) is 1.76. The van der Waals surface area contributed by atoms with Crippen molar-refractivity contribution in [3.63, 3.8) is 0 Å². The fraction of sp³-hybridized carbons (Fsp3) is 0.562. The van der Waals surface area contributed by atoms with Crippen LogP contribution in [0.2, 0.25) is 0 Å². The van der Waals surface area contributed by atoms with Gasteiger partial charge >= 0.3 is 0 Å². The molecule has 2 heteroatoms. The molecule has 1 rings (SSSR count). The lowest BCUT2D eigenvalue weighted by atomic mass is 9.79. The molecule has 1 N–H and O–H groups in total. The minimum Gasteiger partial charge on any atom is -0.507 e. The van der Waals surface area contributed by atoms with Crippen LogP contribution < -0.4 is 0 Å². The Hall–Kier alpha value is -1.31. The van der Waals surface area contributed by atoms with Crippen LogP contribution in [0.25, 0.3) is 0 Å². The summed E-state index contributed by atoms with van der Waals surface area (Å²) >= 11 is 0. The SMILES string of the molecule is CN=Cc1c(C(C)(C)C)ccc(C(C)(C)C)c1O. The van der Waals surface area contributed by atoms with Gasteiger partial charge in [-0.1, -0.05) is 53.7 Å². The largest absolute Gasteiger partial charge is 0.507 e. The van der Waals surface area contributed by atoms with Crippen LogP contribution in [0.5, 0.6) is 5.75 Å². The molecule has 0 unspecified atom stereocenters. The molecule has 0 bridgehead atoms. The van der Waals surface area contributed by atoms with E-state index in [9.17, 15) is 5.11 Å². The molecule has 18 heavy (non-hydrogen) atoms. The molecule has 1 aromatic rings. The number of phenols is 1. The van der Waals surface area contributed by atoms with E-state index in [4.69, 9.17) is 0 Å².